The van der Waals surface area contributed by atoms with E-state index in [1.165, 1.54) is 18.2 Å². The predicted octanol–water partition coefficient (Wildman–Crippen LogP) is 3.85. The Morgan fingerprint density at radius 2 is 1.78 bits per heavy atom. The number of thioether (sulfide) groups is 1. The molecular weight excluding hydrogens is 474 g/mol. The number of allylic oxidation sites excluding steroid dienone is 1. The van der Waals surface area contributed by atoms with E-state index in [0.29, 0.717) is 11.8 Å². The number of fused-ring (bicyclic) bond motifs is 3. The lowest BCUT2D eigenvalue weighted by atomic mass is 10.0. The van der Waals surface area contributed by atoms with Gasteiger partial charge in [-0.15, -0.1) is 0 Å². The van der Waals surface area contributed by atoms with Crippen molar-refractivity contribution >= 4 is 42.7 Å². The number of nitrogens with zero attached hydrogens (tertiary/aromatic N) is 2. The Morgan fingerprint density at radius 1 is 1.12 bits per heavy atom. The van der Waals surface area contributed by atoms with Gasteiger partial charge in [0.05, 0.1) is 11.6 Å². The Morgan fingerprint density at radius 3 is 2.44 bits per heavy atom. The van der Waals surface area contributed by atoms with Crippen LogP contribution in [0.1, 0.15) is 5.56 Å². The normalized spacial score (nSPS) is 26.7. The van der Waals surface area contributed by atoms with Gasteiger partial charge in [-0.1, -0.05) is 16.5 Å². The van der Waals surface area contributed by atoms with Gasteiger partial charge in [-0.25, -0.2) is 13.9 Å². The zero-order valence-electron chi connectivity index (χ0n) is 16.0. The Balaban J connectivity index is 1.85. The minimum Gasteiger partial charge on any atom is -0.641 e. The molecule has 6 nitrogen and oxygen atoms in total. The number of amides is 1. The molecule has 13 heteroatoms. The number of amidine groups is 1. The monoisotopic (exact) mass is 486 g/mol. The van der Waals surface area contributed by atoms with Gasteiger partial charge in [0, 0.05) is 16.9 Å². The number of carbonyl (C=O) groups excluding carboxylic acids is 1. The number of alkyl halides is 3. The summed E-state index contributed by atoms with van der Waals surface area (Å²) in [6, 6.07) is 8.08. The van der Waals surface area contributed by atoms with Crippen LogP contribution in [0, 0.1) is 11.6 Å². The van der Waals surface area contributed by atoms with E-state index in [0.717, 1.165) is 35.8 Å². The molecule has 0 aliphatic carbocycles. The molecule has 32 heavy (non-hydrogen) atoms. The minimum atomic E-state index is -4.94. The molecule has 1 spiro atoms. The molecule has 2 N–H and O–H groups in total. The molecule has 2 aromatic carbocycles. The van der Waals surface area contributed by atoms with Crippen LogP contribution in [0.3, 0.4) is 0 Å². The van der Waals surface area contributed by atoms with Gasteiger partial charge in [0.1, 0.15) is 11.6 Å². The number of benzene rings is 2. The SMILES string of the molecule is C[P+]1([O-])N=C2C(=C(C(F)(F)F)N1)SC1(C(=O)Nc3ccc(F)cc31)N2c1ccc(F)cc1. The van der Waals surface area contributed by atoms with E-state index in [1.807, 2.05) is 5.09 Å². The zero-order chi connectivity index (χ0) is 23.1. The highest BCUT2D eigenvalue weighted by atomic mass is 32.2. The van der Waals surface area contributed by atoms with Crippen molar-refractivity contribution < 1.29 is 31.6 Å². The van der Waals surface area contributed by atoms with Gasteiger partial charge in [-0.3, -0.25) is 9.69 Å². The first-order valence-electron chi connectivity index (χ1n) is 9.06. The van der Waals surface area contributed by atoms with Crippen molar-refractivity contribution in [1.82, 2.24) is 5.09 Å². The summed E-state index contributed by atoms with van der Waals surface area (Å²) in [6.45, 7) is 1.02. The van der Waals surface area contributed by atoms with Crippen LogP contribution in [0.25, 0.3) is 0 Å². The lowest BCUT2D eigenvalue weighted by Gasteiger charge is -2.34. The van der Waals surface area contributed by atoms with Crippen molar-refractivity contribution in [3.63, 3.8) is 0 Å². The lowest BCUT2D eigenvalue weighted by molar-refractivity contribution is -0.173. The predicted molar refractivity (Wildman–Crippen MR) is 110 cm³/mol. The summed E-state index contributed by atoms with van der Waals surface area (Å²) in [5, 5.41) is 4.51. The molecule has 1 saturated heterocycles. The molecule has 3 aliphatic rings. The summed E-state index contributed by atoms with van der Waals surface area (Å²) in [4.78, 5) is 24.8. The summed E-state index contributed by atoms with van der Waals surface area (Å²) < 4.78 is 73.5. The van der Waals surface area contributed by atoms with Crippen LogP contribution in [0.4, 0.5) is 33.3 Å². The molecule has 0 saturated carbocycles. The number of hydrogen-bond acceptors (Lipinski definition) is 6. The van der Waals surface area contributed by atoms with Gasteiger partial charge < -0.3 is 10.2 Å². The molecule has 2 atom stereocenters. The maximum atomic E-state index is 14.2. The number of carbonyl (C=O) groups is 1. The highest BCUT2D eigenvalue weighted by molar-refractivity contribution is 8.06. The van der Waals surface area contributed by atoms with Gasteiger partial charge in [0.25, 0.3) is 5.91 Å². The average Bonchev–Trinajstić information content (AvgIpc) is 3.16. The molecule has 3 heterocycles. The van der Waals surface area contributed by atoms with E-state index >= 15 is 0 Å². The minimum absolute atomic E-state index is 0.0638. The molecule has 2 aromatic rings. The summed E-state index contributed by atoms with van der Waals surface area (Å²) in [5.74, 6) is -2.44. The van der Waals surface area contributed by atoms with Crippen LogP contribution in [0.15, 0.2) is 57.8 Å². The third-order valence-corrected chi connectivity index (χ3v) is 7.77. The molecule has 0 bridgehead atoms. The maximum absolute atomic E-state index is 14.2. The lowest BCUT2D eigenvalue weighted by Crippen LogP contribution is -2.48. The quantitative estimate of drug-likeness (QED) is 0.473. The fourth-order valence-electron chi connectivity index (χ4n) is 3.85. The standard InChI is InChI=1S/C19H12F5N4O2PS/c1-31(30)26-15(19(22,23)24)14-16(27-31)28(11-5-2-9(20)3-6-11)18(32-14)12-8-10(21)4-7-13(12)25-17(18)29/h2-8H,1H3,(H,25,29)(H,26,27,30). The third kappa shape index (κ3) is 3.01. The summed E-state index contributed by atoms with van der Waals surface area (Å²) in [6.07, 6.45) is -4.94. The average molecular weight is 486 g/mol. The first-order chi connectivity index (χ1) is 14.9. The van der Waals surface area contributed by atoms with Gasteiger partial charge in [0.15, 0.2) is 19.3 Å². The summed E-state index contributed by atoms with van der Waals surface area (Å²) >= 11 is 0.506. The van der Waals surface area contributed by atoms with Gasteiger partial charge in [-0.05, 0) is 42.5 Å². The zero-order valence-corrected chi connectivity index (χ0v) is 17.7. The van der Waals surface area contributed by atoms with E-state index in [1.54, 1.807) is 0 Å². The van der Waals surface area contributed by atoms with Crippen LogP contribution in [0.5, 0.6) is 0 Å². The Labute approximate surface area is 182 Å². The number of anilines is 2. The van der Waals surface area contributed by atoms with Crippen molar-refractivity contribution in [2.24, 2.45) is 4.76 Å². The number of nitrogens with one attached hydrogen (secondary N) is 2. The Bertz CT molecular complexity index is 1230. The number of halogens is 5. The van der Waals surface area contributed by atoms with Crippen molar-refractivity contribution in [3.05, 3.63) is 70.3 Å². The van der Waals surface area contributed by atoms with Crippen LogP contribution in [-0.4, -0.2) is 24.6 Å². The molecule has 2 unspecified atom stereocenters. The van der Waals surface area contributed by atoms with Crippen LogP contribution < -0.4 is 20.2 Å². The van der Waals surface area contributed by atoms with Crippen molar-refractivity contribution in [2.45, 2.75) is 11.0 Å². The van der Waals surface area contributed by atoms with Crippen molar-refractivity contribution in [1.29, 1.82) is 0 Å². The van der Waals surface area contributed by atoms with Crippen LogP contribution in [0.2, 0.25) is 0 Å². The molecule has 5 rings (SSSR count). The molecule has 1 amide bonds. The van der Waals surface area contributed by atoms with E-state index in [4.69, 9.17) is 0 Å². The highest BCUT2D eigenvalue weighted by Gasteiger charge is 2.63. The highest BCUT2D eigenvalue weighted by Crippen LogP contribution is 2.63. The summed E-state index contributed by atoms with van der Waals surface area (Å²) in [7, 11) is -3.92. The van der Waals surface area contributed by atoms with E-state index in [2.05, 4.69) is 10.1 Å². The fraction of sp³-hybridized carbons (Fsp3) is 0.158. The fourth-order valence-corrected chi connectivity index (χ4v) is 6.75. The van der Waals surface area contributed by atoms with Crippen LogP contribution >= 0.6 is 19.6 Å². The van der Waals surface area contributed by atoms with E-state index in [9.17, 15) is 31.6 Å². The topological polar surface area (TPSA) is 79.8 Å². The molecule has 0 aromatic heterocycles. The second-order valence-electron chi connectivity index (χ2n) is 7.32. The molecule has 166 valence electrons. The van der Waals surface area contributed by atoms with E-state index in [-0.39, 0.29) is 22.8 Å². The summed E-state index contributed by atoms with van der Waals surface area (Å²) in [5.41, 5.74) is -0.922. The smallest absolute Gasteiger partial charge is 0.435 e. The van der Waals surface area contributed by atoms with Gasteiger partial charge in [-0.2, -0.15) is 13.2 Å². The first-order valence-corrected chi connectivity index (χ1v) is 12.0. The first kappa shape index (κ1) is 21.2. The Hall–Kier alpha value is -2.69. The second-order valence-corrected chi connectivity index (χ2v) is 10.7. The third-order valence-electron chi connectivity index (χ3n) is 5.08. The molecule has 3 aliphatic heterocycles. The molecule has 0 radical (unpaired) electrons. The molecular formula is C19H12F5N4O2PS. The second kappa shape index (κ2) is 6.66. The van der Waals surface area contributed by atoms with Gasteiger partial charge in [0.2, 0.25) is 4.87 Å². The Kier molecular flexibility index (Phi) is 4.41. The maximum Gasteiger partial charge on any atom is 0.435 e. The number of rotatable bonds is 1. The van der Waals surface area contributed by atoms with Crippen molar-refractivity contribution in [3.8, 4) is 0 Å². The largest absolute Gasteiger partial charge is 0.641 e. The van der Waals surface area contributed by atoms with Crippen LogP contribution in [-0.2, 0) is 9.67 Å². The van der Waals surface area contributed by atoms with Crippen molar-refractivity contribution in [2.75, 3.05) is 16.9 Å². The van der Waals surface area contributed by atoms with Gasteiger partial charge >= 0.3 is 6.18 Å². The molecule has 1 fully saturated rings. The number of hydrogen-bond donors (Lipinski definition) is 2. The van der Waals surface area contributed by atoms with E-state index < -0.39 is 47.0 Å².